The van der Waals surface area contributed by atoms with Crippen LogP contribution in [0.25, 0.3) is 5.57 Å². The van der Waals surface area contributed by atoms with Gasteiger partial charge < -0.3 is 24.3 Å². The van der Waals surface area contributed by atoms with Crippen molar-refractivity contribution in [2.75, 3.05) is 28.4 Å². The molecular weight excluding hydrogens is 374 g/mol. The quantitative estimate of drug-likeness (QED) is 0.818. The topological polar surface area (TPSA) is 83.1 Å². The molecule has 7 nitrogen and oxygen atoms in total. The lowest BCUT2D eigenvalue weighted by molar-refractivity contribution is -0.122. The first-order chi connectivity index (χ1) is 14.0. The molecule has 0 saturated heterocycles. The van der Waals surface area contributed by atoms with Crippen LogP contribution in [0.5, 0.6) is 17.2 Å². The van der Waals surface area contributed by atoms with Crippen molar-refractivity contribution in [3.8, 4) is 17.2 Å². The molecule has 0 bridgehead atoms. The second-order valence-electron chi connectivity index (χ2n) is 7.44. The van der Waals surface area contributed by atoms with Crippen LogP contribution in [-0.4, -0.2) is 46.2 Å². The average Bonchev–Trinajstić information content (AvgIpc) is 2.89. The van der Waals surface area contributed by atoms with E-state index in [1.807, 2.05) is 12.1 Å². The van der Waals surface area contributed by atoms with E-state index in [0.717, 1.165) is 22.3 Å². The molecule has 1 amide bonds. The number of methoxy groups -OCH3 is 4. The van der Waals surface area contributed by atoms with Gasteiger partial charge in [0.1, 0.15) is 0 Å². The Labute approximate surface area is 169 Å². The van der Waals surface area contributed by atoms with Gasteiger partial charge in [-0.2, -0.15) is 0 Å². The van der Waals surface area contributed by atoms with E-state index in [-0.39, 0.29) is 29.6 Å². The minimum Gasteiger partial charge on any atom is -0.493 e. The highest BCUT2D eigenvalue weighted by molar-refractivity contribution is 6.08. The minimum atomic E-state index is -0.305. The smallest absolute Gasteiger partial charge is 0.217 e. The number of hydrogen-bond acceptors (Lipinski definition) is 6. The van der Waals surface area contributed by atoms with Crippen LogP contribution in [0.2, 0.25) is 0 Å². The van der Waals surface area contributed by atoms with Gasteiger partial charge in [-0.05, 0) is 41.7 Å². The summed E-state index contributed by atoms with van der Waals surface area (Å²) in [5.41, 5.74) is 3.93. The molecule has 3 atom stereocenters. The molecule has 29 heavy (non-hydrogen) atoms. The first-order valence-corrected chi connectivity index (χ1v) is 9.60. The SMILES string of the molecule is COC1=C[C@@H]2C3=C([C@H]2C1=O)[C@@H](NC(C)=O)CCc1cc(OC)c(OC)c(OC)c13. The van der Waals surface area contributed by atoms with Gasteiger partial charge in [0.15, 0.2) is 17.3 Å². The maximum Gasteiger partial charge on any atom is 0.217 e. The van der Waals surface area contributed by atoms with E-state index in [1.54, 1.807) is 21.3 Å². The third-order valence-corrected chi connectivity index (χ3v) is 6.05. The molecule has 0 unspecified atom stereocenters. The van der Waals surface area contributed by atoms with E-state index < -0.39 is 0 Å². The number of Topliss-reactive ketones (excluding diaryl/α,β-unsaturated/α-hetero) is 1. The maximum atomic E-state index is 12.9. The molecule has 0 radical (unpaired) electrons. The molecule has 0 heterocycles. The fraction of sp³-hybridized carbons (Fsp3) is 0.455. The van der Waals surface area contributed by atoms with Crippen LogP contribution in [-0.2, 0) is 20.7 Å². The summed E-state index contributed by atoms with van der Waals surface area (Å²) in [6.45, 7) is 1.50. The van der Waals surface area contributed by atoms with Crippen molar-refractivity contribution in [3.63, 3.8) is 0 Å². The number of hydrogen-bond donors (Lipinski definition) is 1. The van der Waals surface area contributed by atoms with Crippen LogP contribution in [0, 0.1) is 11.8 Å². The molecule has 0 aromatic heterocycles. The summed E-state index contributed by atoms with van der Waals surface area (Å²) in [5.74, 6) is 1.50. The number of amides is 1. The number of benzene rings is 1. The number of allylic oxidation sites excluding steroid dienone is 3. The first kappa shape index (κ1) is 19.4. The number of rotatable bonds is 5. The normalized spacial score (nSPS) is 24.4. The summed E-state index contributed by atoms with van der Waals surface area (Å²) in [4.78, 5) is 24.7. The minimum absolute atomic E-state index is 0.0329. The summed E-state index contributed by atoms with van der Waals surface area (Å²) < 4.78 is 22.2. The highest BCUT2D eigenvalue weighted by atomic mass is 16.5. The molecule has 1 aromatic rings. The molecule has 7 heteroatoms. The molecule has 3 aliphatic rings. The third kappa shape index (κ3) is 2.71. The average molecular weight is 399 g/mol. The van der Waals surface area contributed by atoms with Gasteiger partial charge in [-0.15, -0.1) is 0 Å². The number of aryl methyl sites for hydroxylation is 1. The van der Waals surface area contributed by atoms with Crippen molar-refractivity contribution < 1.29 is 28.5 Å². The Morgan fingerprint density at radius 3 is 2.38 bits per heavy atom. The fourth-order valence-corrected chi connectivity index (χ4v) is 4.94. The Kier molecular flexibility index (Phi) is 4.76. The van der Waals surface area contributed by atoms with E-state index in [1.165, 1.54) is 14.0 Å². The number of ether oxygens (including phenoxy) is 4. The van der Waals surface area contributed by atoms with Crippen LogP contribution in [0.3, 0.4) is 0 Å². The predicted molar refractivity (Wildman–Crippen MR) is 106 cm³/mol. The van der Waals surface area contributed by atoms with E-state index in [2.05, 4.69) is 5.32 Å². The Morgan fingerprint density at radius 2 is 1.79 bits per heavy atom. The Bertz CT molecular complexity index is 961. The number of carbonyl (C=O) groups is 2. The van der Waals surface area contributed by atoms with Crippen molar-refractivity contribution >= 4 is 17.3 Å². The summed E-state index contributed by atoms with van der Waals surface area (Å²) >= 11 is 0. The predicted octanol–water partition coefficient (Wildman–Crippen LogP) is 2.28. The van der Waals surface area contributed by atoms with E-state index in [9.17, 15) is 9.59 Å². The third-order valence-electron chi connectivity index (χ3n) is 6.05. The van der Waals surface area contributed by atoms with Crippen LogP contribution < -0.4 is 19.5 Å². The number of nitrogens with one attached hydrogen (secondary N) is 1. The van der Waals surface area contributed by atoms with Gasteiger partial charge >= 0.3 is 0 Å². The lowest BCUT2D eigenvalue weighted by Gasteiger charge is -2.40. The van der Waals surface area contributed by atoms with Crippen molar-refractivity contribution in [1.82, 2.24) is 5.32 Å². The lowest BCUT2D eigenvalue weighted by Crippen LogP contribution is -2.44. The molecule has 0 spiro atoms. The summed E-state index contributed by atoms with van der Waals surface area (Å²) in [6.07, 6.45) is 3.27. The Balaban J connectivity index is 1.96. The van der Waals surface area contributed by atoms with Gasteiger partial charge in [-0.25, -0.2) is 0 Å². The molecule has 154 valence electrons. The van der Waals surface area contributed by atoms with Gasteiger partial charge in [0.2, 0.25) is 17.4 Å². The molecule has 1 aromatic carbocycles. The van der Waals surface area contributed by atoms with Gasteiger partial charge in [-0.1, -0.05) is 0 Å². The summed E-state index contributed by atoms with van der Waals surface area (Å²) in [6, 6.07) is 1.74. The van der Waals surface area contributed by atoms with Crippen molar-refractivity contribution in [2.24, 2.45) is 11.8 Å². The van der Waals surface area contributed by atoms with Gasteiger partial charge in [0, 0.05) is 18.4 Å². The zero-order valence-corrected chi connectivity index (χ0v) is 17.3. The van der Waals surface area contributed by atoms with Crippen molar-refractivity contribution in [1.29, 1.82) is 0 Å². The largest absolute Gasteiger partial charge is 0.493 e. The van der Waals surface area contributed by atoms with Crippen molar-refractivity contribution in [2.45, 2.75) is 25.8 Å². The summed E-state index contributed by atoms with van der Waals surface area (Å²) in [7, 11) is 6.27. The lowest BCUT2D eigenvalue weighted by atomic mass is 9.64. The van der Waals surface area contributed by atoms with E-state index >= 15 is 0 Å². The zero-order chi connectivity index (χ0) is 20.9. The molecule has 0 aliphatic heterocycles. The second-order valence-corrected chi connectivity index (χ2v) is 7.44. The van der Waals surface area contributed by atoms with Gasteiger partial charge in [-0.3, -0.25) is 9.59 Å². The number of ketones is 1. The number of carbonyl (C=O) groups excluding carboxylic acids is 2. The van der Waals surface area contributed by atoms with Crippen LogP contribution >= 0.6 is 0 Å². The first-order valence-electron chi connectivity index (χ1n) is 9.60. The van der Waals surface area contributed by atoms with Crippen molar-refractivity contribution in [3.05, 3.63) is 34.6 Å². The molecule has 3 aliphatic carbocycles. The van der Waals surface area contributed by atoms with Crippen LogP contribution in [0.4, 0.5) is 0 Å². The van der Waals surface area contributed by atoms with E-state index in [0.29, 0.717) is 35.8 Å². The second kappa shape index (κ2) is 7.13. The number of fused-ring (bicyclic) bond motifs is 5. The highest BCUT2D eigenvalue weighted by Gasteiger charge is 2.54. The zero-order valence-electron chi connectivity index (χ0n) is 17.3. The van der Waals surface area contributed by atoms with Gasteiger partial charge in [0.25, 0.3) is 0 Å². The van der Waals surface area contributed by atoms with Crippen LogP contribution in [0.1, 0.15) is 24.5 Å². The highest BCUT2D eigenvalue weighted by Crippen LogP contribution is 2.59. The standard InChI is InChI=1S/C22H25NO6/c1-10(24)23-13-7-6-11-8-15(27-3)21(28-4)22(29-5)16(11)17-12-9-14(26-2)20(25)18(12)19(13)17/h8-9,12-13,18H,6-7H2,1-5H3,(H,23,24)/t12-,13+,18+/m1/s1. The maximum absolute atomic E-state index is 12.9. The molecule has 1 N–H and O–H groups in total. The fourth-order valence-electron chi connectivity index (χ4n) is 4.94. The monoisotopic (exact) mass is 399 g/mol. The Morgan fingerprint density at radius 1 is 1.07 bits per heavy atom. The van der Waals surface area contributed by atoms with E-state index in [4.69, 9.17) is 18.9 Å². The Hall–Kier alpha value is -2.96. The van der Waals surface area contributed by atoms with Crippen LogP contribution in [0.15, 0.2) is 23.5 Å². The molecule has 0 saturated carbocycles. The molecule has 0 fully saturated rings. The van der Waals surface area contributed by atoms with Gasteiger partial charge in [0.05, 0.1) is 40.4 Å². The summed E-state index contributed by atoms with van der Waals surface area (Å²) in [5, 5.41) is 3.03. The molecular formula is C22H25NO6. The molecule has 4 rings (SSSR count).